The predicted octanol–water partition coefficient (Wildman–Crippen LogP) is 0.628. The molecule has 0 bridgehead atoms. The maximum absolute atomic E-state index is 11.5. The van der Waals surface area contributed by atoms with Gasteiger partial charge in [-0.3, -0.25) is 9.89 Å². The second-order valence-corrected chi connectivity index (χ2v) is 5.60. The molecule has 1 aliphatic rings. The fourth-order valence-electron chi connectivity index (χ4n) is 2.04. The first-order valence-corrected chi connectivity index (χ1v) is 6.34. The van der Waals surface area contributed by atoms with Crippen molar-refractivity contribution in [1.82, 2.24) is 15.2 Å². The maximum atomic E-state index is 11.5. The second kappa shape index (κ2) is 4.66. The number of nitrogens with two attached hydrogens (primary N) is 1. The van der Waals surface area contributed by atoms with Crippen LogP contribution in [0, 0.1) is 6.92 Å². The summed E-state index contributed by atoms with van der Waals surface area (Å²) >= 11 is 1.56. The highest BCUT2D eigenvalue weighted by Crippen LogP contribution is 2.38. The van der Waals surface area contributed by atoms with Crippen molar-refractivity contribution in [2.45, 2.75) is 42.1 Å². The van der Waals surface area contributed by atoms with E-state index in [2.05, 4.69) is 15.2 Å². The third-order valence-electron chi connectivity index (χ3n) is 2.95. The summed E-state index contributed by atoms with van der Waals surface area (Å²) in [6, 6.07) is 0. The highest BCUT2D eigenvalue weighted by Gasteiger charge is 2.43. The van der Waals surface area contributed by atoms with Gasteiger partial charge in [-0.25, -0.2) is 4.98 Å². The van der Waals surface area contributed by atoms with Crippen LogP contribution in [0.15, 0.2) is 5.16 Å². The van der Waals surface area contributed by atoms with Crippen molar-refractivity contribution in [2.75, 3.05) is 7.11 Å². The number of ether oxygens (including phenoxy) is 1. The fourth-order valence-corrected chi connectivity index (χ4v) is 3.24. The van der Waals surface area contributed by atoms with Gasteiger partial charge in [0.25, 0.3) is 0 Å². The van der Waals surface area contributed by atoms with Crippen molar-refractivity contribution < 1.29 is 9.53 Å². The lowest BCUT2D eigenvalue weighted by Crippen LogP contribution is -2.46. The van der Waals surface area contributed by atoms with E-state index in [0.29, 0.717) is 18.0 Å². The van der Waals surface area contributed by atoms with Crippen LogP contribution in [0.5, 0.6) is 0 Å². The lowest BCUT2D eigenvalue weighted by atomic mass is 10.00. The third kappa shape index (κ3) is 2.61. The van der Waals surface area contributed by atoms with Crippen LogP contribution in [0.1, 0.15) is 25.1 Å². The Hall–Kier alpha value is -1.08. The highest BCUT2D eigenvalue weighted by molar-refractivity contribution is 7.99. The first-order chi connectivity index (χ1) is 8.03. The number of nitrogens with zero attached hydrogens (tertiary/aromatic N) is 2. The van der Waals surface area contributed by atoms with Gasteiger partial charge in [-0.05, 0) is 26.2 Å². The quantitative estimate of drug-likeness (QED) is 0.770. The number of rotatable bonds is 3. The second-order valence-electron chi connectivity index (χ2n) is 4.33. The summed E-state index contributed by atoms with van der Waals surface area (Å²) in [7, 11) is 1.37. The van der Waals surface area contributed by atoms with E-state index < -0.39 is 5.54 Å². The predicted molar refractivity (Wildman–Crippen MR) is 63.6 cm³/mol. The number of nitrogens with one attached hydrogen (secondary N) is 1. The summed E-state index contributed by atoms with van der Waals surface area (Å²) < 4.78 is 4.73. The molecule has 0 amide bonds. The molecule has 0 aliphatic heterocycles. The average Bonchev–Trinajstić information content (AvgIpc) is 2.86. The van der Waals surface area contributed by atoms with Gasteiger partial charge in [-0.1, -0.05) is 11.8 Å². The van der Waals surface area contributed by atoms with Crippen molar-refractivity contribution in [3.8, 4) is 0 Å². The number of H-pyrrole nitrogens is 1. The molecule has 7 heteroatoms. The molecule has 2 unspecified atom stereocenters. The van der Waals surface area contributed by atoms with Crippen molar-refractivity contribution >= 4 is 17.7 Å². The molecular formula is C10H16N4O2S. The number of aromatic amines is 1. The van der Waals surface area contributed by atoms with E-state index in [0.717, 1.165) is 12.2 Å². The van der Waals surface area contributed by atoms with Gasteiger partial charge < -0.3 is 10.5 Å². The molecule has 0 radical (unpaired) electrons. The molecule has 1 heterocycles. The molecule has 6 nitrogen and oxygen atoms in total. The number of aryl methyl sites for hydroxylation is 1. The Morgan fingerprint density at radius 1 is 1.71 bits per heavy atom. The number of carbonyl (C=O) groups is 1. The highest BCUT2D eigenvalue weighted by atomic mass is 32.2. The first-order valence-electron chi connectivity index (χ1n) is 5.46. The van der Waals surface area contributed by atoms with Gasteiger partial charge in [-0.2, -0.15) is 0 Å². The van der Waals surface area contributed by atoms with Crippen molar-refractivity contribution in [3.63, 3.8) is 0 Å². The van der Waals surface area contributed by atoms with E-state index in [1.165, 1.54) is 7.11 Å². The standard InChI is InChI=1S/C10H16N4O2S/c1-6-12-9(14-13-6)17-7-3-4-10(11,5-7)8(15)16-2/h7H,3-5,11H2,1-2H3,(H,12,13,14). The van der Waals surface area contributed by atoms with E-state index in [9.17, 15) is 4.79 Å². The van der Waals surface area contributed by atoms with E-state index in [4.69, 9.17) is 10.5 Å². The zero-order valence-electron chi connectivity index (χ0n) is 9.90. The van der Waals surface area contributed by atoms with E-state index in [-0.39, 0.29) is 11.2 Å². The Balaban J connectivity index is 1.96. The zero-order valence-corrected chi connectivity index (χ0v) is 10.7. The van der Waals surface area contributed by atoms with Gasteiger partial charge >= 0.3 is 5.97 Å². The lowest BCUT2D eigenvalue weighted by Gasteiger charge is -2.20. The molecule has 1 aromatic rings. The smallest absolute Gasteiger partial charge is 0.325 e. The van der Waals surface area contributed by atoms with Crippen molar-refractivity contribution in [3.05, 3.63) is 5.82 Å². The number of aromatic nitrogens is 3. The molecule has 0 spiro atoms. The summed E-state index contributed by atoms with van der Waals surface area (Å²) in [5.74, 6) is 0.462. The fraction of sp³-hybridized carbons (Fsp3) is 0.700. The van der Waals surface area contributed by atoms with Crippen LogP contribution in [-0.4, -0.2) is 39.0 Å². The molecule has 3 N–H and O–H groups in total. The van der Waals surface area contributed by atoms with Gasteiger partial charge in [0.2, 0.25) is 5.16 Å². The first kappa shape index (κ1) is 12.4. The van der Waals surface area contributed by atoms with Gasteiger partial charge in [-0.15, -0.1) is 5.10 Å². The summed E-state index contributed by atoms with van der Waals surface area (Å²) in [5.41, 5.74) is 5.19. The van der Waals surface area contributed by atoms with Gasteiger partial charge in [0, 0.05) is 5.25 Å². The topological polar surface area (TPSA) is 93.9 Å². The minimum atomic E-state index is -0.836. The third-order valence-corrected chi connectivity index (χ3v) is 4.07. The molecular weight excluding hydrogens is 240 g/mol. The van der Waals surface area contributed by atoms with E-state index in [1.807, 2.05) is 6.92 Å². The summed E-state index contributed by atoms with van der Waals surface area (Å²) in [5, 5.41) is 7.84. The summed E-state index contributed by atoms with van der Waals surface area (Å²) in [4.78, 5) is 15.8. The summed E-state index contributed by atoms with van der Waals surface area (Å²) in [6.07, 6.45) is 2.14. The number of esters is 1. The van der Waals surface area contributed by atoms with Crippen LogP contribution in [0.2, 0.25) is 0 Å². The van der Waals surface area contributed by atoms with Crippen molar-refractivity contribution in [2.24, 2.45) is 5.73 Å². The van der Waals surface area contributed by atoms with Crippen LogP contribution in [0.4, 0.5) is 0 Å². The average molecular weight is 256 g/mol. The normalized spacial score (nSPS) is 28.3. The Morgan fingerprint density at radius 3 is 3.06 bits per heavy atom. The Labute approximate surface area is 104 Å². The minimum absolute atomic E-state index is 0.272. The minimum Gasteiger partial charge on any atom is -0.468 e. The molecule has 1 saturated carbocycles. The Kier molecular flexibility index (Phi) is 3.39. The van der Waals surface area contributed by atoms with Gasteiger partial charge in [0.05, 0.1) is 7.11 Å². The Bertz CT molecular complexity index is 422. The van der Waals surface area contributed by atoms with Gasteiger partial charge in [0.1, 0.15) is 11.4 Å². The zero-order chi connectivity index (χ0) is 12.5. The number of hydrogen-bond acceptors (Lipinski definition) is 6. The van der Waals surface area contributed by atoms with Crippen molar-refractivity contribution in [1.29, 1.82) is 0 Å². The number of thioether (sulfide) groups is 1. The number of carbonyl (C=O) groups excluding carboxylic acids is 1. The monoisotopic (exact) mass is 256 g/mol. The largest absolute Gasteiger partial charge is 0.468 e. The molecule has 1 fully saturated rings. The van der Waals surface area contributed by atoms with Crippen LogP contribution < -0.4 is 5.73 Å². The molecule has 1 aliphatic carbocycles. The van der Waals surface area contributed by atoms with E-state index >= 15 is 0 Å². The Morgan fingerprint density at radius 2 is 2.47 bits per heavy atom. The number of hydrogen-bond donors (Lipinski definition) is 2. The molecule has 2 atom stereocenters. The maximum Gasteiger partial charge on any atom is 0.325 e. The van der Waals surface area contributed by atoms with Crippen LogP contribution in [0.3, 0.4) is 0 Å². The van der Waals surface area contributed by atoms with Gasteiger partial charge in [0.15, 0.2) is 0 Å². The molecule has 17 heavy (non-hydrogen) atoms. The lowest BCUT2D eigenvalue weighted by molar-refractivity contribution is -0.146. The number of methoxy groups -OCH3 is 1. The molecule has 0 aromatic carbocycles. The summed E-state index contributed by atoms with van der Waals surface area (Å²) in [6.45, 7) is 1.85. The van der Waals surface area contributed by atoms with E-state index in [1.54, 1.807) is 11.8 Å². The van der Waals surface area contributed by atoms with Crippen LogP contribution in [0.25, 0.3) is 0 Å². The molecule has 0 saturated heterocycles. The van der Waals surface area contributed by atoms with Crippen LogP contribution in [-0.2, 0) is 9.53 Å². The SMILES string of the molecule is COC(=O)C1(N)CCC(Sc2n[nH]c(C)n2)C1. The molecule has 2 rings (SSSR count). The van der Waals surface area contributed by atoms with Crippen LogP contribution >= 0.6 is 11.8 Å². The molecule has 1 aromatic heterocycles. The molecule has 94 valence electrons.